The van der Waals surface area contributed by atoms with Gasteiger partial charge < -0.3 is 10.6 Å². The van der Waals surface area contributed by atoms with Crippen LogP contribution < -0.4 is 10.6 Å². The van der Waals surface area contributed by atoms with Crippen molar-refractivity contribution in [2.45, 2.75) is 84.2 Å². The Morgan fingerprint density at radius 3 is 2.07 bits per heavy atom. The fourth-order valence-corrected chi connectivity index (χ4v) is 3.54. The van der Waals surface area contributed by atoms with Crippen LogP contribution in [0.1, 0.15) is 92.6 Å². The van der Waals surface area contributed by atoms with Crippen LogP contribution in [0, 0.1) is 0 Å². The van der Waals surface area contributed by atoms with Crippen LogP contribution in [0.3, 0.4) is 0 Å². The maximum absolute atomic E-state index is 12.3. The highest BCUT2D eigenvalue weighted by atomic mass is 16.1. The Labute approximate surface area is 182 Å². The number of nitrogens with zero attached hydrogens (tertiary/aromatic N) is 1. The fourth-order valence-electron chi connectivity index (χ4n) is 3.54. The van der Waals surface area contributed by atoms with Gasteiger partial charge in [0.15, 0.2) is 0 Å². The zero-order valence-corrected chi connectivity index (χ0v) is 18.7. The monoisotopic (exact) mass is 409 g/mol. The van der Waals surface area contributed by atoms with Gasteiger partial charge >= 0.3 is 0 Å². The van der Waals surface area contributed by atoms with Crippen LogP contribution in [0.2, 0.25) is 0 Å². The Balaban J connectivity index is 1.51. The standard InChI is InChI=1S/C26H39N3O/c1-2-3-4-5-6-7-8-9-10-11-19-29-26(30)25-16-14-23(15-17-25)20-28-22-24-13-12-18-27-21-24/h12-18,21,28H,2-11,19-20,22H2,1H3,(H,29,30). The number of amides is 1. The molecule has 2 rings (SSSR count). The lowest BCUT2D eigenvalue weighted by Gasteiger charge is -2.08. The zero-order valence-electron chi connectivity index (χ0n) is 18.7. The molecule has 2 aromatic rings. The third-order valence-electron chi connectivity index (χ3n) is 5.41. The number of unbranched alkanes of at least 4 members (excludes halogenated alkanes) is 9. The highest BCUT2D eigenvalue weighted by Gasteiger charge is 2.04. The Morgan fingerprint density at radius 1 is 0.800 bits per heavy atom. The molecule has 0 aliphatic heterocycles. The number of rotatable bonds is 16. The number of nitrogens with one attached hydrogen (secondary N) is 2. The van der Waals surface area contributed by atoms with Crippen molar-refractivity contribution in [1.82, 2.24) is 15.6 Å². The molecule has 2 N–H and O–H groups in total. The molecule has 164 valence electrons. The van der Waals surface area contributed by atoms with Crippen LogP contribution in [-0.4, -0.2) is 17.4 Å². The average Bonchev–Trinajstić information content (AvgIpc) is 2.78. The van der Waals surface area contributed by atoms with Crippen LogP contribution in [0.5, 0.6) is 0 Å². The molecule has 0 saturated heterocycles. The summed E-state index contributed by atoms with van der Waals surface area (Å²) < 4.78 is 0. The van der Waals surface area contributed by atoms with Gasteiger partial charge in [0.25, 0.3) is 5.91 Å². The molecular formula is C26H39N3O. The van der Waals surface area contributed by atoms with Crippen molar-refractivity contribution >= 4 is 5.91 Å². The van der Waals surface area contributed by atoms with Gasteiger partial charge in [0.1, 0.15) is 0 Å². The number of hydrogen-bond acceptors (Lipinski definition) is 3. The van der Waals surface area contributed by atoms with Gasteiger partial charge in [-0.05, 0) is 35.7 Å². The number of aromatic nitrogens is 1. The van der Waals surface area contributed by atoms with Gasteiger partial charge in [-0.25, -0.2) is 0 Å². The van der Waals surface area contributed by atoms with Crippen LogP contribution in [0.25, 0.3) is 0 Å². The summed E-state index contributed by atoms with van der Waals surface area (Å²) in [5, 5.41) is 6.45. The third kappa shape index (κ3) is 10.5. The lowest BCUT2D eigenvalue weighted by atomic mass is 10.1. The average molecular weight is 410 g/mol. The van der Waals surface area contributed by atoms with E-state index in [0.717, 1.165) is 31.6 Å². The number of carbonyl (C=O) groups excluding carboxylic acids is 1. The summed E-state index contributed by atoms with van der Waals surface area (Å²) in [6, 6.07) is 11.9. The minimum Gasteiger partial charge on any atom is -0.352 e. The van der Waals surface area contributed by atoms with Crippen molar-refractivity contribution < 1.29 is 4.79 Å². The van der Waals surface area contributed by atoms with Crippen LogP contribution >= 0.6 is 0 Å². The van der Waals surface area contributed by atoms with E-state index in [9.17, 15) is 4.79 Å². The second-order valence-electron chi connectivity index (χ2n) is 8.10. The van der Waals surface area contributed by atoms with Gasteiger partial charge in [0.05, 0.1) is 0 Å². The van der Waals surface area contributed by atoms with Crippen molar-refractivity contribution in [3.05, 3.63) is 65.5 Å². The fraction of sp³-hybridized carbons (Fsp3) is 0.538. The van der Waals surface area contributed by atoms with Gasteiger partial charge in [-0.2, -0.15) is 0 Å². The molecule has 0 aliphatic rings. The molecule has 0 fully saturated rings. The van der Waals surface area contributed by atoms with Gasteiger partial charge in [0.2, 0.25) is 0 Å². The van der Waals surface area contributed by atoms with E-state index in [1.54, 1.807) is 6.20 Å². The van der Waals surface area contributed by atoms with Crippen LogP contribution in [0.4, 0.5) is 0 Å². The molecule has 0 bridgehead atoms. The first-order valence-corrected chi connectivity index (χ1v) is 11.8. The van der Waals surface area contributed by atoms with Crippen molar-refractivity contribution in [3.63, 3.8) is 0 Å². The van der Waals surface area contributed by atoms with E-state index in [-0.39, 0.29) is 5.91 Å². The van der Waals surface area contributed by atoms with Crippen molar-refractivity contribution in [3.8, 4) is 0 Å². The number of carbonyl (C=O) groups is 1. The molecule has 0 spiro atoms. The topological polar surface area (TPSA) is 54.0 Å². The SMILES string of the molecule is CCCCCCCCCCCCNC(=O)c1ccc(CNCc2cccnc2)cc1. The maximum Gasteiger partial charge on any atom is 0.251 e. The van der Waals surface area contributed by atoms with E-state index in [4.69, 9.17) is 0 Å². The first-order valence-electron chi connectivity index (χ1n) is 11.8. The summed E-state index contributed by atoms with van der Waals surface area (Å²) in [6.45, 7) is 4.59. The zero-order chi connectivity index (χ0) is 21.3. The molecule has 0 atom stereocenters. The van der Waals surface area contributed by atoms with E-state index in [0.29, 0.717) is 0 Å². The molecule has 0 radical (unpaired) electrons. The summed E-state index contributed by atoms with van der Waals surface area (Å²) in [7, 11) is 0. The van der Waals surface area contributed by atoms with Crippen molar-refractivity contribution in [1.29, 1.82) is 0 Å². The summed E-state index contributed by atoms with van der Waals surface area (Å²) in [5.41, 5.74) is 3.07. The molecule has 0 saturated carbocycles. The molecule has 0 unspecified atom stereocenters. The Morgan fingerprint density at radius 2 is 1.43 bits per heavy atom. The number of benzene rings is 1. The molecule has 1 heterocycles. The van der Waals surface area contributed by atoms with E-state index in [2.05, 4.69) is 28.6 Å². The van der Waals surface area contributed by atoms with Crippen molar-refractivity contribution in [2.24, 2.45) is 0 Å². The molecule has 1 aromatic heterocycles. The third-order valence-corrected chi connectivity index (χ3v) is 5.41. The van der Waals surface area contributed by atoms with Gasteiger partial charge in [-0.3, -0.25) is 9.78 Å². The second-order valence-corrected chi connectivity index (χ2v) is 8.10. The van der Waals surface area contributed by atoms with Crippen molar-refractivity contribution in [2.75, 3.05) is 6.54 Å². The van der Waals surface area contributed by atoms with E-state index >= 15 is 0 Å². The Hall–Kier alpha value is -2.20. The normalized spacial score (nSPS) is 10.8. The summed E-state index contributed by atoms with van der Waals surface area (Å²) in [6.07, 6.45) is 16.8. The minimum atomic E-state index is 0.0285. The lowest BCUT2D eigenvalue weighted by Crippen LogP contribution is -2.24. The second kappa shape index (κ2) is 15.6. The van der Waals surface area contributed by atoms with E-state index < -0.39 is 0 Å². The summed E-state index contributed by atoms with van der Waals surface area (Å²) >= 11 is 0. The molecule has 30 heavy (non-hydrogen) atoms. The predicted octanol–water partition coefficient (Wildman–Crippen LogP) is 6.02. The van der Waals surface area contributed by atoms with E-state index in [1.165, 1.54) is 68.9 Å². The molecule has 4 nitrogen and oxygen atoms in total. The molecule has 1 aromatic carbocycles. The maximum atomic E-state index is 12.3. The Bertz CT molecular complexity index is 685. The molecule has 1 amide bonds. The number of hydrogen-bond donors (Lipinski definition) is 2. The predicted molar refractivity (Wildman–Crippen MR) is 125 cm³/mol. The molecular weight excluding hydrogens is 370 g/mol. The minimum absolute atomic E-state index is 0.0285. The quantitative estimate of drug-likeness (QED) is 0.333. The van der Waals surface area contributed by atoms with Gasteiger partial charge in [-0.1, -0.05) is 82.9 Å². The first-order chi connectivity index (χ1) is 14.8. The van der Waals surface area contributed by atoms with Crippen LogP contribution in [0.15, 0.2) is 48.8 Å². The number of pyridine rings is 1. The highest BCUT2D eigenvalue weighted by molar-refractivity contribution is 5.94. The summed E-state index contributed by atoms with van der Waals surface area (Å²) in [4.78, 5) is 16.4. The van der Waals surface area contributed by atoms with Gasteiger partial charge in [-0.15, -0.1) is 0 Å². The summed E-state index contributed by atoms with van der Waals surface area (Å²) in [5.74, 6) is 0.0285. The van der Waals surface area contributed by atoms with E-state index in [1.807, 2.05) is 36.5 Å². The van der Waals surface area contributed by atoms with Crippen LogP contribution in [-0.2, 0) is 13.1 Å². The first kappa shape index (κ1) is 24.1. The smallest absolute Gasteiger partial charge is 0.251 e. The molecule has 4 heteroatoms. The largest absolute Gasteiger partial charge is 0.352 e. The van der Waals surface area contributed by atoms with Gasteiger partial charge in [0, 0.05) is 37.6 Å². The lowest BCUT2D eigenvalue weighted by molar-refractivity contribution is 0.0953. The molecule has 0 aliphatic carbocycles. The Kier molecular flexibility index (Phi) is 12.5. The highest BCUT2D eigenvalue weighted by Crippen LogP contribution is 2.10.